The van der Waals surface area contributed by atoms with Crippen LogP contribution < -0.4 is 15.2 Å². The molecule has 1 saturated carbocycles. The van der Waals surface area contributed by atoms with Crippen molar-refractivity contribution in [1.82, 2.24) is 0 Å². The van der Waals surface area contributed by atoms with E-state index >= 15 is 0 Å². The fraction of sp³-hybridized carbons (Fsp3) is 0.571. The lowest BCUT2D eigenvalue weighted by molar-refractivity contribution is 0.361. The van der Waals surface area contributed by atoms with Gasteiger partial charge < -0.3 is 15.2 Å². The molecule has 1 aromatic rings. The zero-order valence-electron chi connectivity index (χ0n) is 11.3. The van der Waals surface area contributed by atoms with Crippen LogP contribution in [0.5, 0.6) is 11.5 Å². The summed E-state index contributed by atoms with van der Waals surface area (Å²) in [5.74, 6) is 1.76. The second kappa shape index (κ2) is 5.41. The Bertz CT molecular complexity index is 428. The third-order valence-electron chi connectivity index (χ3n) is 3.72. The van der Waals surface area contributed by atoms with Gasteiger partial charge in [0.1, 0.15) is 11.5 Å². The molecule has 0 spiro atoms. The molecule has 1 aromatic carbocycles. The van der Waals surface area contributed by atoms with Crippen LogP contribution in [0.4, 0.5) is 0 Å². The molecule has 1 aliphatic rings. The predicted molar refractivity (Wildman–Crippen MR) is 75.7 cm³/mol. The zero-order chi connectivity index (χ0) is 13.2. The molecular formula is C14H21NO2S. The van der Waals surface area contributed by atoms with Crippen LogP contribution in [0.15, 0.2) is 17.0 Å². The van der Waals surface area contributed by atoms with E-state index in [1.807, 2.05) is 12.1 Å². The van der Waals surface area contributed by atoms with E-state index in [4.69, 9.17) is 15.2 Å². The standard InChI is InChI=1S/C14H21NO2S/c1-16-10-6-7-11(17-2)13(18-3)12(10)14(15)8-4-5-9-14/h6-7H,4-5,8-9,15H2,1-3H3. The lowest BCUT2D eigenvalue weighted by Crippen LogP contribution is -2.34. The molecule has 0 radical (unpaired) electrons. The summed E-state index contributed by atoms with van der Waals surface area (Å²) in [6.45, 7) is 0. The molecule has 1 aliphatic carbocycles. The van der Waals surface area contributed by atoms with Crippen molar-refractivity contribution < 1.29 is 9.47 Å². The SMILES string of the molecule is COc1ccc(OC)c(C2(N)CCCC2)c1SC. The van der Waals surface area contributed by atoms with E-state index in [0.717, 1.165) is 34.8 Å². The number of benzene rings is 1. The van der Waals surface area contributed by atoms with Gasteiger partial charge in [-0.2, -0.15) is 0 Å². The van der Waals surface area contributed by atoms with Gasteiger partial charge in [-0.15, -0.1) is 11.8 Å². The molecule has 0 saturated heterocycles. The highest BCUT2D eigenvalue weighted by atomic mass is 32.2. The summed E-state index contributed by atoms with van der Waals surface area (Å²) in [4.78, 5) is 1.11. The van der Waals surface area contributed by atoms with Crippen molar-refractivity contribution in [1.29, 1.82) is 0 Å². The lowest BCUT2D eigenvalue weighted by atomic mass is 9.88. The molecule has 2 N–H and O–H groups in total. The summed E-state index contributed by atoms with van der Waals surface area (Å²) in [6, 6.07) is 3.91. The van der Waals surface area contributed by atoms with E-state index in [1.165, 1.54) is 12.8 Å². The van der Waals surface area contributed by atoms with Gasteiger partial charge in [0.05, 0.1) is 19.1 Å². The van der Waals surface area contributed by atoms with Crippen LogP contribution in [0.1, 0.15) is 31.2 Å². The van der Waals surface area contributed by atoms with Crippen molar-refractivity contribution in [3.63, 3.8) is 0 Å². The van der Waals surface area contributed by atoms with E-state index in [-0.39, 0.29) is 5.54 Å². The molecule has 0 aromatic heterocycles. The minimum atomic E-state index is -0.266. The van der Waals surface area contributed by atoms with Gasteiger partial charge in [-0.3, -0.25) is 0 Å². The first-order valence-corrected chi connectivity index (χ1v) is 7.47. The van der Waals surface area contributed by atoms with Crippen LogP contribution in [-0.4, -0.2) is 20.5 Å². The first-order chi connectivity index (χ1) is 8.66. The van der Waals surface area contributed by atoms with Crippen LogP contribution in [0.25, 0.3) is 0 Å². The Labute approximate surface area is 113 Å². The van der Waals surface area contributed by atoms with E-state index in [1.54, 1.807) is 26.0 Å². The highest BCUT2D eigenvalue weighted by Crippen LogP contribution is 2.47. The molecule has 0 heterocycles. The van der Waals surface area contributed by atoms with Crippen molar-refractivity contribution in [2.75, 3.05) is 20.5 Å². The molecule has 0 unspecified atom stereocenters. The topological polar surface area (TPSA) is 44.5 Å². The maximum atomic E-state index is 6.61. The first-order valence-electron chi connectivity index (χ1n) is 6.24. The van der Waals surface area contributed by atoms with Gasteiger partial charge in [-0.1, -0.05) is 12.8 Å². The molecule has 0 atom stereocenters. The molecule has 0 amide bonds. The third kappa shape index (κ3) is 2.19. The summed E-state index contributed by atoms with van der Waals surface area (Å²) in [6.07, 6.45) is 6.46. The molecule has 100 valence electrons. The minimum Gasteiger partial charge on any atom is -0.496 e. The summed E-state index contributed by atoms with van der Waals surface area (Å²) >= 11 is 1.68. The van der Waals surface area contributed by atoms with Crippen molar-refractivity contribution in [3.8, 4) is 11.5 Å². The van der Waals surface area contributed by atoms with E-state index in [0.29, 0.717) is 0 Å². The monoisotopic (exact) mass is 267 g/mol. The predicted octanol–water partition coefficient (Wildman–Crippen LogP) is 3.15. The van der Waals surface area contributed by atoms with Gasteiger partial charge in [0.25, 0.3) is 0 Å². The van der Waals surface area contributed by atoms with E-state index < -0.39 is 0 Å². The average molecular weight is 267 g/mol. The van der Waals surface area contributed by atoms with Crippen molar-refractivity contribution in [2.24, 2.45) is 5.73 Å². The largest absolute Gasteiger partial charge is 0.496 e. The van der Waals surface area contributed by atoms with Crippen LogP contribution >= 0.6 is 11.8 Å². The molecule has 18 heavy (non-hydrogen) atoms. The Morgan fingerprint density at radius 3 is 2.17 bits per heavy atom. The number of nitrogens with two attached hydrogens (primary N) is 1. The minimum absolute atomic E-state index is 0.266. The Kier molecular flexibility index (Phi) is 4.07. The quantitative estimate of drug-likeness (QED) is 0.851. The Morgan fingerprint density at radius 2 is 1.67 bits per heavy atom. The summed E-state index contributed by atoms with van der Waals surface area (Å²) in [5, 5.41) is 0. The number of hydrogen-bond donors (Lipinski definition) is 1. The summed E-state index contributed by atoms with van der Waals surface area (Å²) in [7, 11) is 3.40. The number of methoxy groups -OCH3 is 2. The van der Waals surface area contributed by atoms with Crippen molar-refractivity contribution in [3.05, 3.63) is 17.7 Å². The van der Waals surface area contributed by atoms with Crippen LogP contribution in [-0.2, 0) is 5.54 Å². The second-order valence-electron chi connectivity index (χ2n) is 4.74. The number of thioether (sulfide) groups is 1. The van der Waals surface area contributed by atoms with Gasteiger partial charge in [-0.05, 0) is 31.2 Å². The molecule has 4 heteroatoms. The third-order valence-corrected chi connectivity index (χ3v) is 4.53. The van der Waals surface area contributed by atoms with Crippen LogP contribution in [0, 0.1) is 0 Å². The van der Waals surface area contributed by atoms with Crippen molar-refractivity contribution >= 4 is 11.8 Å². The highest BCUT2D eigenvalue weighted by Gasteiger charge is 2.36. The maximum absolute atomic E-state index is 6.61. The smallest absolute Gasteiger partial charge is 0.133 e. The fourth-order valence-corrected chi connectivity index (χ4v) is 3.67. The Hall–Kier alpha value is -0.870. The Morgan fingerprint density at radius 1 is 1.11 bits per heavy atom. The normalized spacial score (nSPS) is 17.8. The molecular weight excluding hydrogens is 246 g/mol. The van der Waals surface area contributed by atoms with Crippen LogP contribution in [0.2, 0.25) is 0 Å². The number of ether oxygens (including phenoxy) is 2. The molecule has 0 bridgehead atoms. The van der Waals surface area contributed by atoms with Gasteiger partial charge in [0.15, 0.2) is 0 Å². The highest BCUT2D eigenvalue weighted by molar-refractivity contribution is 7.98. The van der Waals surface area contributed by atoms with Crippen molar-refractivity contribution in [2.45, 2.75) is 36.1 Å². The maximum Gasteiger partial charge on any atom is 0.133 e. The van der Waals surface area contributed by atoms with Crippen LogP contribution in [0.3, 0.4) is 0 Å². The molecule has 1 fully saturated rings. The number of rotatable bonds is 4. The zero-order valence-corrected chi connectivity index (χ0v) is 12.1. The van der Waals surface area contributed by atoms with Gasteiger partial charge in [0, 0.05) is 11.1 Å². The fourth-order valence-electron chi connectivity index (χ4n) is 2.81. The second-order valence-corrected chi connectivity index (χ2v) is 5.56. The number of hydrogen-bond acceptors (Lipinski definition) is 4. The summed E-state index contributed by atoms with van der Waals surface area (Å²) in [5.41, 5.74) is 7.46. The molecule has 2 rings (SSSR count). The Balaban J connectivity index is 2.60. The van der Waals surface area contributed by atoms with E-state index in [9.17, 15) is 0 Å². The van der Waals surface area contributed by atoms with Gasteiger partial charge >= 0.3 is 0 Å². The molecule has 3 nitrogen and oxygen atoms in total. The first kappa shape index (κ1) is 13.6. The summed E-state index contributed by atoms with van der Waals surface area (Å²) < 4.78 is 11.0. The van der Waals surface area contributed by atoms with E-state index in [2.05, 4.69) is 6.26 Å². The van der Waals surface area contributed by atoms with Gasteiger partial charge in [-0.25, -0.2) is 0 Å². The molecule has 0 aliphatic heterocycles. The lowest BCUT2D eigenvalue weighted by Gasteiger charge is -2.29. The average Bonchev–Trinajstić information content (AvgIpc) is 2.84. The van der Waals surface area contributed by atoms with Gasteiger partial charge in [0.2, 0.25) is 0 Å².